The van der Waals surface area contributed by atoms with Crippen molar-refractivity contribution in [2.45, 2.75) is 33.3 Å². The summed E-state index contributed by atoms with van der Waals surface area (Å²) < 4.78 is 10.8. The van der Waals surface area contributed by atoms with E-state index in [-0.39, 0.29) is 12.0 Å². The molecular formula is C18H21N3O3S. The van der Waals surface area contributed by atoms with E-state index in [4.69, 9.17) is 9.26 Å². The first-order chi connectivity index (χ1) is 12.1. The summed E-state index contributed by atoms with van der Waals surface area (Å²) in [5.74, 6) is -0.152. The predicted molar refractivity (Wildman–Crippen MR) is 97.9 cm³/mol. The van der Waals surface area contributed by atoms with E-state index < -0.39 is 0 Å². The minimum Gasteiger partial charge on any atom is -0.379 e. The highest BCUT2D eigenvalue weighted by Gasteiger charge is 2.19. The average Bonchev–Trinajstić information content (AvgIpc) is 3.23. The second-order valence-corrected chi connectivity index (χ2v) is 6.96. The van der Waals surface area contributed by atoms with Crippen molar-refractivity contribution in [2.75, 3.05) is 13.2 Å². The molecule has 1 N–H and O–H groups in total. The van der Waals surface area contributed by atoms with Gasteiger partial charge < -0.3 is 14.6 Å². The molecule has 0 fully saturated rings. The third-order valence-electron chi connectivity index (χ3n) is 3.69. The summed E-state index contributed by atoms with van der Waals surface area (Å²) in [5.41, 5.74) is 2.30. The second-order valence-electron chi connectivity index (χ2n) is 6.01. The van der Waals surface area contributed by atoms with E-state index in [0.29, 0.717) is 41.2 Å². The van der Waals surface area contributed by atoms with Gasteiger partial charge >= 0.3 is 0 Å². The third kappa shape index (κ3) is 4.05. The molecule has 0 aliphatic carbocycles. The van der Waals surface area contributed by atoms with Crippen LogP contribution in [0.15, 0.2) is 28.1 Å². The molecule has 1 amide bonds. The van der Waals surface area contributed by atoms with Crippen molar-refractivity contribution in [2.24, 2.45) is 0 Å². The first-order valence-electron chi connectivity index (χ1n) is 8.27. The van der Waals surface area contributed by atoms with E-state index in [9.17, 15) is 4.79 Å². The van der Waals surface area contributed by atoms with E-state index in [2.05, 4.69) is 15.5 Å². The van der Waals surface area contributed by atoms with Gasteiger partial charge in [0.2, 0.25) is 0 Å². The standard InChI is InChI=1S/C18H21N3O3S/c1-11(2)23-8-5-7-19-17(22)13-10-14(15-6-4-9-25-15)20-18-16(13)12(3)21-24-18/h4,6,9-11H,5,7-8H2,1-3H3,(H,19,22). The monoisotopic (exact) mass is 359 g/mol. The fourth-order valence-corrected chi connectivity index (χ4v) is 3.20. The number of nitrogens with zero attached hydrogens (tertiary/aromatic N) is 2. The molecule has 3 heterocycles. The van der Waals surface area contributed by atoms with Crippen molar-refractivity contribution in [3.8, 4) is 10.6 Å². The van der Waals surface area contributed by atoms with Crippen molar-refractivity contribution in [1.29, 1.82) is 0 Å². The van der Waals surface area contributed by atoms with Gasteiger partial charge in [0.25, 0.3) is 11.6 Å². The molecule has 0 unspecified atom stereocenters. The lowest BCUT2D eigenvalue weighted by atomic mass is 10.1. The number of fused-ring (bicyclic) bond motifs is 1. The molecular weight excluding hydrogens is 338 g/mol. The fourth-order valence-electron chi connectivity index (χ4n) is 2.51. The minimum atomic E-state index is -0.152. The molecule has 0 radical (unpaired) electrons. The zero-order chi connectivity index (χ0) is 17.8. The summed E-state index contributed by atoms with van der Waals surface area (Å²) in [6.07, 6.45) is 0.960. The van der Waals surface area contributed by atoms with Crippen LogP contribution in [-0.4, -0.2) is 35.3 Å². The molecule has 7 heteroatoms. The van der Waals surface area contributed by atoms with E-state index in [1.165, 1.54) is 0 Å². The molecule has 3 aromatic heterocycles. The van der Waals surface area contributed by atoms with Gasteiger partial charge in [-0.1, -0.05) is 11.2 Å². The number of aryl methyl sites for hydroxylation is 1. The van der Waals surface area contributed by atoms with Crippen LogP contribution in [0.25, 0.3) is 21.7 Å². The van der Waals surface area contributed by atoms with Crippen LogP contribution >= 0.6 is 11.3 Å². The van der Waals surface area contributed by atoms with Crippen molar-refractivity contribution in [3.63, 3.8) is 0 Å². The van der Waals surface area contributed by atoms with Crippen LogP contribution in [0, 0.1) is 6.92 Å². The Morgan fingerprint density at radius 3 is 3.00 bits per heavy atom. The Kier molecular flexibility index (Phi) is 5.45. The van der Waals surface area contributed by atoms with E-state index in [1.807, 2.05) is 38.3 Å². The minimum absolute atomic E-state index is 0.152. The van der Waals surface area contributed by atoms with E-state index in [1.54, 1.807) is 17.4 Å². The smallest absolute Gasteiger partial charge is 0.259 e. The highest BCUT2D eigenvalue weighted by molar-refractivity contribution is 7.13. The first-order valence-corrected chi connectivity index (χ1v) is 9.15. The largest absolute Gasteiger partial charge is 0.379 e. The Balaban J connectivity index is 1.81. The maximum atomic E-state index is 12.7. The summed E-state index contributed by atoms with van der Waals surface area (Å²) in [6.45, 7) is 6.97. The number of thiophene rings is 1. The van der Waals surface area contributed by atoms with Crippen molar-refractivity contribution < 1.29 is 14.1 Å². The maximum absolute atomic E-state index is 12.7. The normalized spacial score (nSPS) is 11.4. The summed E-state index contributed by atoms with van der Waals surface area (Å²) in [5, 5.41) is 9.53. The van der Waals surface area contributed by atoms with Crippen molar-refractivity contribution in [3.05, 3.63) is 34.8 Å². The highest BCUT2D eigenvalue weighted by Crippen LogP contribution is 2.29. The van der Waals surface area contributed by atoms with Crippen molar-refractivity contribution in [1.82, 2.24) is 15.5 Å². The molecule has 0 aliphatic rings. The fraction of sp³-hybridized carbons (Fsp3) is 0.389. The lowest BCUT2D eigenvalue weighted by Crippen LogP contribution is -2.26. The Labute approximate surface area is 150 Å². The van der Waals surface area contributed by atoms with E-state index in [0.717, 1.165) is 11.3 Å². The zero-order valence-electron chi connectivity index (χ0n) is 14.5. The quantitative estimate of drug-likeness (QED) is 0.649. The maximum Gasteiger partial charge on any atom is 0.259 e. The number of ether oxygens (including phenoxy) is 1. The third-order valence-corrected chi connectivity index (χ3v) is 4.59. The van der Waals surface area contributed by atoms with Gasteiger partial charge in [-0.2, -0.15) is 0 Å². The topological polar surface area (TPSA) is 77.2 Å². The molecule has 0 saturated carbocycles. The molecule has 0 spiro atoms. The molecule has 0 bridgehead atoms. The van der Waals surface area contributed by atoms with Gasteiger partial charge in [-0.05, 0) is 44.7 Å². The van der Waals surface area contributed by atoms with Gasteiger partial charge in [-0.25, -0.2) is 4.98 Å². The van der Waals surface area contributed by atoms with Crippen LogP contribution in [0.5, 0.6) is 0 Å². The van der Waals surface area contributed by atoms with Gasteiger partial charge in [-0.15, -0.1) is 11.3 Å². The zero-order valence-corrected chi connectivity index (χ0v) is 15.4. The first kappa shape index (κ1) is 17.6. The molecule has 132 valence electrons. The van der Waals surface area contributed by atoms with Gasteiger partial charge in [0.1, 0.15) is 0 Å². The summed E-state index contributed by atoms with van der Waals surface area (Å²) >= 11 is 1.57. The molecule has 0 aromatic carbocycles. The molecule has 3 aromatic rings. The number of nitrogens with one attached hydrogen (secondary N) is 1. The van der Waals surface area contributed by atoms with Crippen LogP contribution in [0.3, 0.4) is 0 Å². The SMILES string of the molecule is Cc1noc2nc(-c3cccs3)cc(C(=O)NCCCOC(C)C)c12. The summed E-state index contributed by atoms with van der Waals surface area (Å²) in [6, 6.07) is 5.72. The van der Waals surface area contributed by atoms with Gasteiger partial charge in [0, 0.05) is 13.2 Å². The molecule has 25 heavy (non-hydrogen) atoms. The molecule has 0 atom stereocenters. The van der Waals surface area contributed by atoms with E-state index >= 15 is 0 Å². The average molecular weight is 359 g/mol. The molecule has 3 rings (SSSR count). The van der Waals surface area contributed by atoms with Crippen LogP contribution in [0.4, 0.5) is 0 Å². The lowest BCUT2D eigenvalue weighted by molar-refractivity contribution is 0.0757. The summed E-state index contributed by atoms with van der Waals surface area (Å²) in [7, 11) is 0. The molecule has 0 aliphatic heterocycles. The Hall–Kier alpha value is -2.25. The number of pyridine rings is 1. The Morgan fingerprint density at radius 1 is 1.44 bits per heavy atom. The van der Waals surface area contributed by atoms with Crippen LogP contribution < -0.4 is 5.32 Å². The van der Waals surface area contributed by atoms with Crippen LogP contribution in [-0.2, 0) is 4.74 Å². The van der Waals surface area contributed by atoms with Crippen molar-refractivity contribution >= 4 is 28.3 Å². The predicted octanol–water partition coefficient (Wildman–Crippen LogP) is 3.80. The molecule has 6 nitrogen and oxygen atoms in total. The van der Waals surface area contributed by atoms with Gasteiger partial charge in [0.05, 0.1) is 33.3 Å². The lowest BCUT2D eigenvalue weighted by Gasteiger charge is -2.09. The molecule has 0 saturated heterocycles. The van der Waals surface area contributed by atoms with Gasteiger partial charge in [0.15, 0.2) is 0 Å². The van der Waals surface area contributed by atoms with Gasteiger partial charge in [-0.3, -0.25) is 4.79 Å². The number of hydrogen-bond acceptors (Lipinski definition) is 6. The number of aromatic nitrogens is 2. The number of amides is 1. The Morgan fingerprint density at radius 2 is 2.28 bits per heavy atom. The second kappa shape index (κ2) is 7.76. The summed E-state index contributed by atoms with van der Waals surface area (Å²) in [4.78, 5) is 18.2. The van der Waals surface area contributed by atoms with Crippen LogP contribution in [0.1, 0.15) is 36.3 Å². The number of rotatable bonds is 7. The Bertz CT molecular complexity index is 856. The number of carbonyl (C=O) groups is 1. The number of hydrogen-bond donors (Lipinski definition) is 1. The van der Waals surface area contributed by atoms with Crippen LogP contribution in [0.2, 0.25) is 0 Å². The highest BCUT2D eigenvalue weighted by atomic mass is 32.1. The number of carbonyl (C=O) groups excluding carboxylic acids is 1.